The lowest BCUT2D eigenvalue weighted by Crippen LogP contribution is -2.38. The molecule has 1 fully saturated rings. The number of nitro benzene ring substituents is 1. The number of amides is 1. The van der Waals surface area contributed by atoms with Crippen molar-refractivity contribution in [3.63, 3.8) is 0 Å². The molecule has 2 aromatic carbocycles. The quantitative estimate of drug-likeness (QED) is 0.457. The molecule has 0 unspecified atom stereocenters. The molecule has 0 saturated carbocycles. The Bertz CT molecular complexity index is 1200. The zero-order chi connectivity index (χ0) is 22.1. The van der Waals surface area contributed by atoms with Gasteiger partial charge in [0.05, 0.1) is 10.6 Å². The van der Waals surface area contributed by atoms with Crippen molar-refractivity contribution in [1.82, 2.24) is 19.2 Å². The first-order valence-corrected chi connectivity index (χ1v) is 10.2. The molecule has 3 aromatic rings. The summed E-state index contributed by atoms with van der Waals surface area (Å²) in [6, 6.07) is 13.3. The molecule has 1 aliphatic rings. The minimum atomic E-state index is -0.581. The van der Waals surface area contributed by atoms with E-state index in [-0.39, 0.29) is 27.9 Å². The van der Waals surface area contributed by atoms with Gasteiger partial charge in [0.25, 0.3) is 11.6 Å². The number of aromatic nitrogens is 3. The van der Waals surface area contributed by atoms with Crippen LogP contribution in [0.15, 0.2) is 53.3 Å². The number of carbonyl (C=O) groups excluding carboxylic acids is 1. The molecule has 0 bridgehead atoms. The van der Waals surface area contributed by atoms with Gasteiger partial charge in [-0.25, -0.2) is 14.0 Å². The van der Waals surface area contributed by atoms with Gasteiger partial charge in [0.1, 0.15) is 11.4 Å². The Labute approximate surface area is 182 Å². The smallest absolute Gasteiger partial charge is 0.338 e. The van der Waals surface area contributed by atoms with Crippen LogP contribution in [0.3, 0.4) is 0 Å². The summed E-state index contributed by atoms with van der Waals surface area (Å²) in [5.74, 6) is 0.209. The Hall–Kier alpha value is -3.46. The van der Waals surface area contributed by atoms with Crippen LogP contribution in [0.4, 0.5) is 5.69 Å². The monoisotopic (exact) mass is 441 g/mol. The lowest BCUT2D eigenvalue weighted by molar-refractivity contribution is -0.385. The van der Waals surface area contributed by atoms with Crippen LogP contribution in [0, 0.1) is 10.1 Å². The minimum Gasteiger partial charge on any atom is -0.338 e. The van der Waals surface area contributed by atoms with Crippen molar-refractivity contribution in [2.75, 3.05) is 13.1 Å². The zero-order valence-electron chi connectivity index (χ0n) is 16.8. The second kappa shape index (κ2) is 8.35. The Kier molecular flexibility index (Phi) is 5.60. The van der Waals surface area contributed by atoms with Crippen LogP contribution in [0.5, 0.6) is 0 Å². The van der Waals surface area contributed by atoms with Crippen molar-refractivity contribution in [3.8, 4) is 5.69 Å². The van der Waals surface area contributed by atoms with Crippen LogP contribution in [0.2, 0.25) is 5.02 Å². The largest absolute Gasteiger partial charge is 0.350 e. The lowest BCUT2D eigenvalue weighted by atomic mass is 9.95. The average molecular weight is 442 g/mol. The number of rotatable bonds is 4. The number of halogens is 1. The van der Waals surface area contributed by atoms with Crippen LogP contribution in [-0.4, -0.2) is 43.2 Å². The fourth-order valence-corrected chi connectivity index (χ4v) is 4.09. The maximum absolute atomic E-state index is 13.0. The van der Waals surface area contributed by atoms with E-state index in [9.17, 15) is 19.7 Å². The molecule has 0 N–H and O–H groups in total. The van der Waals surface area contributed by atoms with Gasteiger partial charge in [-0.15, -0.1) is 0 Å². The van der Waals surface area contributed by atoms with E-state index in [4.69, 9.17) is 11.6 Å². The van der Waals surface area contributed by atoms with E-state index in [1.54, 1.807) is 16.5 Å². The second-order valence-electron chi connectivity index (χ2n) is 7.42. The molecule has 4 rings (SSSR count). The van der Waals surface area contributed by atoms with E-state index < -0.39 is 10.8 Å². The summed E-state index contributed by atoms with van der Waals surface area (Å²) in [6.07, 6.45) is 1.17. The molecule has 0 aliphatic carbocycles. The number of nitrogens with zero attached hydrogens (tertiary/aromatic N) is 5. The van der Waals surface area contributed by atoms with Crippen LogP contribution < -0.4 is 5.69 Å². The Balaban J connectivity index is 1.56. The summed E-state index contributed by atoms with van der Waals surface area (Å²) >= 11 is 5.96. The lowest BCUT2D eigenvalue weighted by Gasteiger charge is -2.31. The fourth-order valence-electron chi connectivity index (χ4n) is 3.92. The van der Waals surface area contributed by atoms with E-state index in [0.29, 0.717) is 31.8 Å². The van der Waals surface area contributed by atoms with Gasteiger partial charge in [-0.2, -0.15) is 5.10 Å². The number of nitro groups is 1. The zero-order valence-corrected chi connectivity index (χ0v) is 17.5. The molecular weight excluding hydrogens is 422 g/mol. The van der Waals surface area contributed by atoms with Gasteiger partial charge in [-0.3, -0.25) is 14.9 Å². The highest BCUT2D eigenvalue weighted by molar-refractivity contribution is 6.31. The molecule has 1 aliphatic heterocycles. The normalized spacial score (nSPS) is 14.6. The Morgan fingerprint density at radius 1 is 1.16 bits per heavy atom. The Morgan fingerprint density at radius 3 is 2.48 bits per heavy atom. The third-order valence-electron chi connectivity index (χ3n) is 5.50. The molecule has 0 spiro atoms. The topological polar surface area (TPSA) is 103 Å². The van der Waals surface area contributed by atoms with Crippen molar-refractivity contribution >= 4 is 23.2 Å². The van der Waals surface area contributed by atoms with E-state index in [0.717, 1.165) is 5.69 Å². The molecule has 160 valence electrons. The molecule has 1 saturated heterocycles. The number of carbonyl (C=O) groups is 1. The number of piperidine rings is 1. The molecular formula is C21H20ClN5O4. The van der Waals surface area contributed by atoms with E-state index in [1.807, 2.05) is 30.3 Å². The summed E-state index contributed by atoms with van der Waals surface area (Å²) in [4.78, 5) is 37.9. The summed E-state index contributed by atoms with van der Waals surface area (Å²) in [5, 5.41) is 16.0. The standard InChI is InChI=1S/C21H20ClN5O4/c1-24-21(29)26(16-5-3-2-4-6-16)19(23-24)14-9-11-25(12-10-14)20(28)17-13-15(22)7-8-18(17)27(30)31/h2-8,13-14H,9-12H2,1H3. The highest BCUT2D eigenvalue weighted by Gasteiger charge is 2.31. The molecule has 2 heterocycles. The van der Waals surface area contributed by atoms with E-state index in [1.165, 1.54) is 22.9 Å². The number of aryl methyl sites for hydroxylation is 1. The van der Waals surface area contributed by atoms with Gasteiger partial charge >= 0.3 is 5.69 Å². The molecule has 9 nitrogen and oxygen atoms in total. The third kappa shape index (κ3) is 3.96. The van der Waals surface area contributed by atoms with Gasteiger partial charge in [0, 0.05) is 37.1 Å². The predicted molar refractivity (Wildman–Crippen MR) is 115 cm³/mol. The maximum Gasteiger partial charge on any atom is 0.350 e. The molecule has 10 heteroatoms. The van der Waals surface area contributed by atoms with Crippen LogP contribution in [0.25, 0.3) is 5.69 Å². The molecule has 0 radical (unpaired) electrons. The van der Waals surface area contributed by atoms with Crippen molar-refractivity contribution in [3.05, 3.63) is 85.5 Å². The highest BCUT2D eigenvalue weighted by Crippen LogP contribution is 2.30. The first-order valence-electron chi connectivity index (χ1n) is 9.81. The second-order valence-corrected chi connectivity index (χ2v) is 7.86. The van der Waals surface area contributed by atoms with Gasteiger partial charge in [-0.05, 0) is 37.1 Å². The van der Waals surface area contributed by atoms with Crippen LogP contribution in [0.1, 0.15) is 34.9 Å². The summed E-state index contributed by atoms with van der Waals surface area (Å²) in [7, 11) is 1.61. The van der Waals surface area contributed by atoms with E-state index >= 15 is 0 Å². The van der Waals surface area contributed by atoms with Crippen molar-refractivity contribution < 1.29 is 9.72 Å². The van der Waals surface area contributed by atoms with Gasteiger partial charge in [-0.1, -0.05) is 29.8 Å². The van der Waals surface area contributed by atoms with Gasteiger partial charge in [0.2, 0.25) is 0 Å². The van der Waals surface area contributed by atoms with Crippen molar-refractivity contribution in [1.29, 1.82) is 0 Å². The minimum absolute atomic E-state index is 0.0185. The number of benzene rings is 2. The van der Waals surface area contributed by atoms with E-state index in [2.05, 4.69) is 5.10 Å². The highest BCUT2D eigenvalue weighted by atomic mass is 35.5. The molecule has 31 heavy (non-hydrogen) atoms. The predicted octanol–water partition coefficient (Wildman–Crippen LogP) is 3.15. The van der Waals surface area contributed by atoms with Gasteiger partial charge in [0.15, 0.2) is 0 Å². The summed E-state index contributed by atoms with van der Waals surface area (Å²) in [5.41, 5.74) is 0.229. The summed E-state index contributed by atoms with van der Waals surface area (Å²) < 4.78 is 2.92. The van der Waals surface area contributed by atoms with Crippen LogP contribution in [-0.2, 0) is 7.05 Å². The van der Waals surface area contributed by atoms with Crippen LogP contribution >= 0.6 is 11.6 Å². The fraction of sp³-hybridized carbons (Fsp3) is 0.286. The molecule has 1 aromatic heterocycles. The first kappa shape index (κ1) is 20.8. The van der Waals surface area contributed by atoms with Crippen molar-refractivity contribution in [2.45, 2.75) is 18.8 Å². The SMILES string of the molecule is Cn1nc(C2CCN(C(=O)c3cc(Cl)ccc3[N+](=O)[O-])CC2)n(-c2ccccc2)c1=O. The number of hydrogen-bond donors (Lipinski definition) is 0. The van der Waals surface area contributed by atoms with Crippen molar-refractivity contribution in [2.24, 2.45) is 7.05 Å². The maximum atomic E-state index is 13.0. The average Bonchev–Trinajstić information content (AvgIpc) is 3.08. The first-order chi connectivity index (χ1) is 14.9. The van der Waals surface area contributed by atoms with Gasteiger partial charge < -0.3 is 4.90 Å². The molecule has 1 amide bonds. The number of para-hydroxylation sites is 1. The Morgan fingerprint density at radius 2 is 1.84 bits per heavy atom. The summed E-state index contributed by atoms with van der Waals surface area (Å²) in [6.45, 7) is 0.791. The molecule has 0 atom stereocenters. The number of likely N-dealkylation sites (tertiary alicyclic amines) is 1. The number of hydrogen-bond acceptors (Lipinski definition) is 5. The third-order valence-corrected chi connectivity index (χ3v) is 5.73.